The zero-order valence-electron chi connectivity index (χ0n) is 16.3. The third-order valence-corrected chi connectivity index (χ3v) is 4.75. The smallest absolute Gasteiger partial charge is 0.416 e. The Morgan fingerprint density at radius 3 is 2.37 bits per heavy atom. The fraction of sp³-hybridized carbons (Fsp3) is 0.550. The van der Waals surface area contributed by atoms with Crippen LogP contribution in [0.1, 0.15) is 51.7 Å². The maximum atomic E-state index is 13.2. The number of carbonyl (C=O) groups is 1. The zero-order chi connectivity index (χ0) is 20.6. The second-order valence-electron chi connectivity index (χ2n) is 8.02. The summed E-state index contributed by atoms with van der Waals surface area (Å²) in [7, 11) is 1.37. The number of carboxylic acids is 1. The van der Waals surface area contributed by atoms with Gasteiger partial charge in [-0.1, -0.05) is 26.8 Å². The van der Waals surface area contributed by atoms with Crippen molar-refractivity contribution in [2.75, 3.05) is 18.6 Å². The predicted molar refractivity (Wildman–Crippen MR) is 98.5 cm³/mol. The molecule has 4 nitrogen and oxygen atoms in total. The number of benzene rings is 1. The molecule has 1 aromatic carbocycles. The number of methoxy groups -OCH3 is 1. The van der Waals surface area contributed by atoms with Gasteiger partial charge in [-0.05, 0) is 42.9 Å². The molecule has 1 aromatic rings. The van der Waals surface area contributed by atoms with Gasteiger partial charge in [0.05, 0.1) is 11.1 Å². The van der Waals surface area contributed by atoms with E-state index in [1.165, 1.54) is 13.2 Å². The number of allylic oxidation sites excluding steroid dienone is 1. The van der Waals surface area contributed by atoms with Gasteiger partial charge in [0.2, 0.25) is 0 Å². The van der Waals surface area contributed by atoms with Crippen LogP contribution < -0.4 is 4.90 Å². The Labute approximate surface area is 157 Å². The lowest BCUT2D eigenvalue weighted by Crippen LogP contribution is -2.44. The van der Waals surface area contributed by atoms with Crippen LogP contribution in [0.25, 0.3) is 5.57 Å². The maximum absolute atomic E-state index is 13.2. The Morgan fingerprint density at radius 2 is 1.89 bits per heavy atom. The molecule has 1 aliphatic heterocycles. The SMILES string of the molecule is COC1C(C(=O)O)=C(C)c2ccc(C(F)(F)F)cc2N1CCCC(C)(C)C. The maximum Gasteiger partial charge on any atom is 0.416 e. The average Bonchev–Trinajstić information content (AvgIpc) is 2.53. The highest BCUT2D eigenvalue weighted by atomic mass is 19.4. The summed E-state index contributed by atoms with van der Waals surface area (Å²) in [5.74, 6) is -1.13. The minimum atomic E-state index is -4.47. The molecule has 0 fully saturated rings. The standard InChI is InChI=1S/C20H26F3NO3/c1-12-14-8-7-13(20(21,22)23)11-15(14)24(10-6-9-19(2,3)4)17(27-5)16(12)18(25)26/h7-8,11,17H,6,9-10H2,1-5H3,(H,25,26). The van der Waals surface area contributed by atoms with Gasteiger partial charge in [-0.3, -0.25) is 0 Å². The first kappa shape index (κ1) is 21.3. The number of aliphatic carboxylic acids is 1. The molecule has 1 atom stereocenters. The number of ether oxygens (including phenoxy) is 1. The molecule has 0 saturated heterocycles. The highest BCUT2D eigenvalue weighted by Gasteiger charge is 2.38. The number of rotatable bonds is 5. The molecule has 0 bridgehead atoms. The minimum Gasteiger partial charge on any atom is -0.478 e. The van der Waals surface area contributed by atoms with Crippen molar-refractivity contribution in [3.8, 4) is 0 Å². The number of carboxylic acid groups (broad SMARTS) is 1. The average molecular weight is 385 g/mol. The Balaban J connectivity index is 2.55. The van der Waals surface area contributed by atoms with Gasteiger partial charge in [0.15, 0.2) is 6.23 Å². The first-order valence-corrected chi connectivity index (χ1v) is 8.82. The molecule has 150 valence electrons. The second kappa shape index (κ2) is 7.54. The third-order valence-electron chi connectivity index (χ3n) is 4.75. The molecule has 2 rings (SSSR count). The van der Waals surface area contributed by atoms with Crippen LogP contribution in [0.2, 0.25) is 0 Å². The van der Waals surface area contributed by atoms with Crippen molar-refractivity contribution in [1.82, 2.24) is 0 Å². The van der Waals surface area contributed by atoms with Gasteiger partial charge >= 0.3 is 12.1 Å². The number of hydrogen-bond acceptors (Lipinski definition) is 3. The van der Waals surface area contributed by atoms with Crippen LogP contribution in [0.15, 0.2) is 23.8 Å². The van der Waals surface area contributed by atoms with E-state index in [4.69, 9.17) is 4.74 Å². The number of nitrogens with zero attached hydrogens (tertiary/aromatic N) is 1. The lowest BCUT2D eigenvalue weighted by Gasteiger charge is -2.39. The lowest BCUT2D eigenvalue weighted by atomic mass is 9.89. The first-order chi connectivity index (χ1) is 12.4. The number of anilines is 1. The summed E-state index contributed by atoms with van der Waals surface area (Å²) in [5.41, 5.74) is 0.628. The van der Waals surface area contributed by atoms with E-state index in [2.05, 4.69) is 20.8 Å². The number of fused-ring (bicyclic) bond motifs is 1. The molecule has 1 unspecified atom stereocenters. The molecule has 0 saturated carbocycles. The summed E-state index contributed by atoms with van der Waals surface area (Å²) in [6, 6.07) is 3.42. The minimum absolute atomic E-state index is 0.0560. The summed E-state index contributed by atoms with van der Waals surface area (Å²) in [6.07, 6.45) is -3.86. The highest BCUT2D eigenvalue weighted by Crippen LogP contribution is 2.42. The fourth-order valence-electron chi connectivity index (χ4n) is 3.40. The van der Waals surface area contributed by atoms with E-state index in [1.807, 2.05) is 0 Å². The molecule has 1 N–H and O–H groups in total. The van der Waals surface area contributed by atoms with E-state index in [9.17, 15) is 23.1 Å². The summed E-state index contributed by atoms with van der Waals surface area (Å²) < 4.78 is 45.1. The van der Waals surface area contributed by atoms with Gasteiger partial charge in [-0.15, -0.1) is 0 Å². The number of halogens is 3. The number of alkyl halides is 3. The van der Waals surface area contributed by atoms with Crippen molar-refractivity contribution in [3.63, 3.8) is 0 Å². The van der Waals surface area contributed by atoms with Crippen LogP contribution >= 0.6 is 0 Å². The zero-order valence-corrected chi connectivity index (χ0v) is 16.3. The van der Waals surface area contributed by atoms with E-state index in [-0.39, 0.29) is 11.0 Å². The van der Waals surface area contributed by atoms with Crippen molar-refractivity contribution in [1.29, 1.82) is 0 Å². The summed E-state index contributed by atoms with van der Waals surface area (Å²) in [4.78, 5) is 13.4. The van der Waals surface area contributed by atoms with Crippen LogP contribution in [0.5, 0.6) is 0 Å². The summed E-state index contributed by atoms with van der Waals surface area (Å²) in [5, 5.41) is 9.65. The summed E-state index contributed by atoms with van der Waals surface area (Å²) >= 11 is 0. The molecular weight excluding hydrogens is 359 g/mol. The van der Waals surface area contributed by atoms with Crippen molar-refractivity contribution in [2.24, 2.45) is 5.41 Å². The van der Waals surface area contributed by atoms with Crippen LogP contribution in [0.3, 0.4) is 0 Å². The third kappa shape index (κ3) is 4.64. The molecule has 1 heterocycles. The molecule has 1 aliphatic rings. The monoisotopic (exact) mass is 385 g/mol. The van der Waals surface area contributed by atoms with Crippen molar-refractivity contribution in [2.45, 2.75) is 52.9 Å². The first-order valence-electron chi connectivity index (χ1n) is 8.82. The molecule has 7 heteroatoms. The van der Waals surface area contributed by atoms with Crippen LogP contribution in [0.4, 0.5) is 18.9 Å². The van der Waals surface area contributed by atoms with Crippen molar-refractivity contribution in [3.05, 3.63) is 34.9 Å². The predicted octanol–water partition coefficient (Wildman–Crippen LogP) is 5.18. The van der Waals surface area contributed by atoms with Gasteiger partial charge < -0.3 is 14.7 Å². The van der Waals surface area contributed by atoms with E-state index in [0.717, 1.165) is 18.6 Å². The summed E-state index contributed by atoms with van der Waals surface area (Å²) in [6.45, 7) is 8.25. The van der Waals surface area contributed by atoms with Crippen LogP contribution in [-0.2, 0) is 15.7 Å². The largest absolute Gasteiger partial charge is 0.478 e. The molecule has 0 aliphatic carbocycles. The molecule has 27 heavy (non-hydrogen) atoms. The highest BCUT2D eigenvalue weighted by molar-refractivity contribution is 6.01. The number of hydrogen-bond donors (Lipinski definition) is 1. The van der Waals surface area contributed by atoms with Crippen LogP contribution in [0, 0.1) is 5.41 Å². The quantitative estimate of drug-likeness (QED) is 0.759. The Kier molecular flexibility index (Phi) is 5.94. The van der Waals surface area contributed by atoms with Crippen LogP contribution in [-0.4, -0.2) is 31.0 Å². The van der Waals surface area contributed by atoms with Crippen molar-refractivity contribution < 1.29 is 27.8 Å². The van der Waals surface area contributed by atoms with Gasteiger partial charge in [0.25, 0.3) is 0 Å². The van der Waals surface area contributed by atoms with Gasteiger partial charge in [-0.25, -0.2) is 4.79 Å². The van der Waals surface area contributed by atoms with E-state index < -0.39 is 23.9 Å². The van der Waals surface area contributed by atoms with Gasteiger partial charge in [-0.2, -0.15) is 13.2 Å². The van der Waals surface area contributed by atoms with E-state index in [1.54, 1.807) is 11.8 Å². The Hall–Kier alpha value is -2.02. The van der Waals surface area contributed by atoms with E-state index >= 15 is 0 Å². The van der Waals surface area contributed by atoms with E-state index in [0.29, 0.717) is 29.8 Å². The Bertz CT molecular complexity index is 748. The molecule has 0 spiro atoms. The van der Waals surface area contributed by atoms with Gasteiger partial charge in [0, 0.05) is 24.9 Å². The fourth-order valence-corrected chi connectivity index (χ4v) is 3.40. The molecular formula is C20H26F3NO3. The van der Waals surface area contributed by atoms with Crippen molar-refractivity contribution >= 4 is 17.2 Å². The normalized spacial score (nSPS) is 17.9. The lowest BCUT2D eigenvalue weighted by molar-refractivity contribution is -0.137. The second-order valence-corrected chi connectivity index (χ2v) is 8.02. The molecule has 0 aromatic heterocycles. The topological polar surface area (TPSA) is 49.8 Å². The molecule has 0 radical (unpaired) electrons. The molecule has 0 amide bonds. The van der Waals surface area contributed by atoms with Gasteiger partial charge in [0.1, 0.15) is 0 Å². The Morgan fingerprint density at radius 1 is 1.26 bits per heavy atom.